The number of nitrogens with zero attached hydrogens (tertiary/aromatic N) is 2. The maximum absolute atomic E-state index is 11.4. The second-order valence-corrected chi connectivity index (χ2v) is 6.13. The van der Waals surface area contributed by atoms with E-state index in [0.29, 0.717) is 28.8 Å². The van der Waals surface area contributed by atoms with E-state index >= 15 is 0 Å². The number of rotatable bonds is 8. The Labute approximate surface area is 144 Å². The summed E-state index contributed by atoms with van der Waals surface area (Å²) in [7, 11) is 0. The Kier molecular flexibility index (Phi) is 7.54. The van der Waals surface area contributed by atoms with Crippen molar-refractivity contribution in [3.05, 3.63) is 10.8 Å². The average Bonchev–Trinajstić information content (AvgIpc) is 2.55. The van der Waals surface area contributed by atoms with Gasteiger partial charge in [-0.05, 0) is 48.0 Å². The quantitative estimate of drug-likeness (QED) is 0.663. The van der Waals surface area contributed by atoms with E-state index in [9.17, 15) is 4.79 Å². The van der Waals surface area contributed by atoms with E-state index in [-0.39, 0.29) is 12.5 Å². The first kappa shape index (κ1) is 17.9. The van der Waals surface area contributed by atoms with Crippen molar-refractivity contribution in [2.45, 2.75) is 26.2 Å². The molecule has 1 aliphatic heterocycles. The van der Waals surface area contributed by atoms with Gasteiger partial charge in [-0.3, -0.25) is 4.79 Å². The number of anilines is 2. The number of carbonyl (C=O) groups excluding carboxylic acids is 1. The summed E-state index contributed by atoms with van der Waals surface area (Å²) in [6.07, 6.45) is 4.88. The molecule has 0 saturated carbocycles. The predicted octanol–water partition coefficient (Wildman–Crippen LogP) is 2.44. The number of hydrogen-bond acceptors (Lipinski definition) is 7. The third kappa shape index (κ3) is 6.31. The minimum absolute atomic E-state index is 0.0683. The van der Waals surface area contributed by atoms with Crippen LogP contribution in [-0.4, -0.2) is 48.8 Å². The van der Waals surface area contributed by atoms with Crippen molar-refractivity contribution >= 4 is 33.5 Å². The number of hydrogen-bond donors (Lipinski definition) is 2. The molecule has 1 aliphatic rings. The first-order valence-electron chi connectivity index (χ1n) is 7.92. The standard InChI is InChI=1S/C15H23BrN4O3/c1-2-23-13(21)10-19-14-15(20-12(16)9-18-14)17-6-3-11-4-7-22-8-5-11/h9,11H,2-8,10H2,1H3,(H,17,20)(H,18,19). The molecule has 0 unspecified atom stereocenters. The van der Waals surface area contributed by atoms with Crippen LogP contribution in [0.25, 0.3) is 0 Å². The summed E-state index contributed by atoms with van der Waals surface area (Å²) in [6.45, 7) is 4.73. The normalized spacial score (nSPS) is 15.2. The fourth-order valence-corrected chi connectivity index (χ4v) is 2.70. The number of halogens is 1. The summed E-state index contributed by atoms with van der Waals surface area (Å²) in [6, 6.07) is 0. The van der Waals surface area contributed by atoms with Gasteiger partial charge in [-0.2, -0.15) is 0 Å². The Hall–Kier alpha value is -1.41. The Morgan fingerprint density at radius 3 is 2.91 bits per heavy atom. The van der Waals surface area contributed by atoms with Crippen molar-refractivity contribution in [1.29, 1.82) is 0 Å². The molecule has 1 saturated heterocycles. The first-order chi connectivity index (χ1) is 11.2. The molecule has 23 heavy (non-hydrogen) atoms. The lowest BCUT2D eigenvalue weighted by molar-refractivity contribution is -0.140. The molecule has 0 bridgehead atoms. The van der Waals surface area contributed by atoms with Crippen LogP contribution in [0.4, 0.5) is 11.6 Å². The van der Waals surface area contributed by atoms with Crippen molar-refractivity contribution < 1.29 is 14.3 Å². The SMILES string of the molecule is CCOC(=O)CNc1ncc(Br)nc1NCCC1CCOCC1. The van der Waals surface area contributed by atoms with Crippen molar-refractivity contribution in [2.24, 2.45) is 5.92 Å². The zero-order valence-corrected chi connectivity index (χ0v) is 14.9. The second kappa shape index (κ2) is 9.67. The van der Waals surface area contributed by atoms with Gasteiger partial charge < -0.3 is 20.1 Å². The number of nitrogens with one attached hydrogen (secondary N) is 2. The molecule has 0 spiro atoms. The summed E-state index contributed by atoms with van der Waals surface area (Å²) in [5, 5.41) is 6.26. The van der Waals surface area contributed by atoms with Gasteiger partial charge in [0.2, 0.25) is 0 Å². The van der Waals surface area contributed by atoms with Crippen LogP contribution in [0, 0.1) is 5.92 Å². The van der Waals surface area contributed by atoms with Crippen LogP contribution < -0.4 is 10.6 Å². The molecule has 1 aromatic rings. The summed E-state index contributed by atoms with van der Waals surface area (Å²) in [5.41, 5.74) is 0. The Bertz CT molecular complexity index is 509. The molecule has 0 amide bonds. The minimum Gasteiger partial charge on any atom is -0.465 e. The Morgan fingerprint density at radius 1 is 1.39 bits per heavy atom. The van der Waals surface area contributed by atoms with Gasteiger partial charge in [-0.25, -0.2) is 9.97 Å². The van der Waals surface area contributed by atoms with Crippen LogP contribution in [-0.2, 0) is 14.3 Å². The number of ether oxygens (including phenoxy) is 2. The highest BCUT2D eigenvalue weighted by atomic mass is 79.9. The lowest BCUT2D eigenvalue weighted by Gasteiger charge is -2.22. The van der Waals surface area contributed by atoms with Crippen LogP contribution >= 0.6 is 15.9 Å². The third-order valence-corrected chi connectivity index (χ3v) is 4.02. The number of carbonyl (C=O) groups is 1. The molecular formula is C15H23BrN4O3. The van der Waals surface area contributed by atoms with E-state index in [2.05, 4.69) is 36.5 Å². The minimum atomic E-state index is -0.314. The molecule has 2 N–H and O–H groups in total. The lowest BCUT2D eigenvalue weighted by atomic mass is 9.97. The van der Waals surface area contributed by atoms with Crippen molar-refractivity contribution in [1.82, 2.24) is 9.97 Å². The van der Waals surface area contributed by atoms with E-state index < -0.39 is 0 Å². The third-order valence-electron chi connectivity index (χ3n) is 3.63. The first-order valence-corrected chi connectivity index (χ1v) is 8.72. The molecule has 8 heteroatoms. The highest BCUT2D eigenvalue weighted by Gasteiger charge is 2.14. The summed E-state index contributed by atoms with van der Waals surface area (Å²) in [5.74, 6) is 1.56. The molecule has 0 atom stereocenters. The van der Waals surface area contributed by atoms with Gasteiger partial charge in [-0.1, -0.05) is 0 Å². The number of esters is 1. The Morgan fingerprint density at radius 2 is 2.17 bits per heavy atom. The molecule has 128 valence electrons. The van der Waals surface area contributed by atoms with E-state index in [0.717, 1.165) is 39.0 Å². The fourth-order valence-electron chi connectivity index (χ4n) is 2.42. The molecule has 0 radical (unpaired) electrons. The molecule has 0 aromatic carbocycles. The zero-order chi connectivity index (χ0) is 16.5. The van der Waals surface area contributed by atoms with Crippen LogP contribution in [0.3, 0.4) is 0 Å². The van der Waals surface area contributed by atoms with Crippen molar-refractivity contribution in [2.75, 3.05) is 43.5 Å². The smallest absolute Gasteiger partial charge is 0.325 e. The monoisotopic (exact) mass is 386 g/mol. The zero-order valence-electron chi connectivity index (χ0n) is 13.3. The van der Waals surface area contributed by atoms with E-state index in [1.165, 1.54) is 0 Å². The molecule has 2 rings (SSSR count). The summed E-state index contributed by atoms with van der Waals surface area (Å²) < 4.78 is 10.9. The fraction of sp³-hybridized carbons (Fsp3) is 0.667. The van der Waals surface area contributed by atoms with Crippen LogP contribution in [0.2, 0.25) is 0 Å². The molecule has 1 aromatic heterocycles. The molecule has 0 aliphatic carbocycles. The maximum Gasteiger partial charge on any atom is 0.325 e. The number of aromatic nitrogens is 2. The van der Waals surface area contributed by atoms with E-state index in [1.54, 1.807) is 13.1 Å². The predicted molar refractivity (Wildman–Crippen MR) is 91.5 cm³/mol. The maximum atomic E-state index is 11.4. The molecule has 1 fully saturated rings. The van der Waals surface area contributed by atoms with Crippen LogP contribution in [0.5, 0.6) is 0 Å². The Balaban J connectivity index is 1.85. The molecule has 2 heterocycles. The molecular weight excluding hydrogens is 364 g/mol. The largest absolute Gasteiger partial charge is 0.465 e. The van der Waals surface area contributed by atoms with Crippen LogP contribution in [0.1, 0.15) is 26.2 Å². The lowest BCUT2D eigenvalue weighted by Crippen LogP contribution is -2.20. The van der Waals surface area contributed by atoms with Gasteiger partial charge in [-0.15, -0.1) is 0 Å². The highest BCUT2D eigenvalue weighted by Crippen LogP contribution is 2.21. The molecule has 7 nitrogen and oxygen atoms in total. The summed E-state index contributed by atoms with van der Waals surface area (Å²) in [4.78, 5) is 20.1. The van der Waals surface area contributed by atoms with Gasteiger partial charge >= 0.3 is 5.97 Å². The topological polar surface area (TPSA) is 85.4 Å². The van der Waals surface area contributed by atoms with Gasteiger partial charge in [0.1, 0.15) is 11.1 Å². The van der Waals surface area contributed by atoms with Gasteiger partial charge in [0.05, 0.1) is 12.8 Å². The average molecular weight is 387 g/mol. The highest BCUT2D eigenvalue weighted by molar-refractivity contribution is 9.10. The van der Waals surface area contributed by atoms with E-state index in [4.69, 9.17) is 9.47 Å². The van der Waals surface area contributed by atoms with Gasteiger partial charge in [0, 0.05) is 19.8 Å². The second-order valence-electron chi connectivity index (χ2n) is 5.32. The van der Waals surface area contributed by atoms with Crippen molar-refractivity contribution in [3.63, 3.8) is 0 Å². The van der Waals surface area contributed by atoms with E-state index in [1.807, 2.05) is 0 Å². The van der Waals surface area contributed by atoms with Gasteiger partial charge in [0.25, 0.3) is 0 Å². The summed E-state index contributed by atoms with van der Waals surface area (Å²) >= 11 is 3.32. The van der Waals surface area contributed by atoms with Crippen molar-refractivity contribution in [3.8, 4) is 0 Å². The van der Waals surface area contributed by atoms with Crippen LogP contribution in [0.15, 0.2) is 10.8 Å². The van der Waals surface area contributed by atoms with Gasteiger partial charge in [0.15, 0.2) is 11.6 Å².